The third kappa shape index (κ3) is 4.95. The van der Waals surface area contributed by atoms with Crippen molar-refractivity contribution in [2.24, 2.45) is 5.41 Å². The fourth-order valence-electron chi connectivity index (χ4n) is 3.41. The van der Waals surface area contributed by atoms with Gasteiger partial charge in [0.15, 0.2) is 0 Å². The van der Waals surface area contributed by atoms with Gasteiger partial charge in [0.1, 0.15) is 5.60 Å². The Bertz CT molecular complexity index is 516. The molecule has 0 bridgehead atoms. The normalized spacial score (nSPS) is 28.2. The fourth-order valence-corrected chi connectivity index (χ4v) is 4.44. The van der Waals surface area contributed by atoms with E-state index in [0.29, 0.717) is 19.7 Å². The molecule has 2 aliphatic heterocycles. The molecule has 0 unspecified atom stereocenters. The van der Waals surface area contributed by atoms with Crippen LogP contribution in [0.15, 0.2) is 0 Å². The highest BCUT2D eigenvalue weighted by Crippen LogP contribution is 2.42. The molecule has 2 saturated heterocycles. The van der Waals surface area contributed by atoms with E-state index < -0.39 is 16.6 Å². The SMILES string of the molecule is C[C@H]1OCC2(CCN(C(=O)OC(C)(C)C)CC2)[C@H]1N[S@](=O)C(C)(C)C. The fraction of sp³-hybridized carbons (Fsp3) is 0.944. The molecule has 3 atom stereocenters. The first-order chi connectivity index (χ1) is 11.3. The summed E-state index contributed by atoms with van der Waals surface area (Å²) in [6, 6.07) is 0.0355. The number of rotatable bonds is 2. The molecule has 1 N–H and O–H groups in total. The average molecular weight is 375 g/mol. The predicted octanol–water partition coefficient (Wildman–Crippen LogP) is 2.84. The van der Waals surface area contributed by atoms with E-state index in [2.05, 4.69) is 4.72 Å². The van der Waals surface area contributed by atoms with Crippen LogP contribution in [0, 0.1) is 5.41 Å². The molecule has 2 aliphatic rings. The smallest absolute Gasteiger partial charge is 0.410 e. The number of nitrogens with zero attached hydrogens (tertiary/aromatic N) is 1. The standard InChI is InChI=1S/C18H34N2O4S/c1-13-14(19-25(22)17(5,6)7)18(12-23-13)8-10-20(11-9-18)15(21)24-16(2,3)4/h13-14,19H,8-12H2,1-7H3/t13-,14+,25-/m1/s1. The van der Waals surface area contributed by atoms with E-state index in [4.69, 9.17) is 9.47 Å². The van der Waals surface area contributed by atoms with Crippen LogP contribution < -0.4 is 4.72 Å². The van der Waals surface area contributed by atoms with Crippen LogP contribution in [-0.2, 0) is 20.5 Å². The summed E-state index contributed by atoms with van der Waals surface area (Å²) in [4.78, 5) is 14.1. The molecule has 0 aliphatic carbocycles. The van der Waals surface area contributed by atoms with Crippen molar-refractivity contribution in [1.82, 2.24) is 9.62 Å². The lowest BCUT2D eigenvalue weighted by atomic mass is 9.73. The minimum atomic E-state index is -1.14. The number of hydrogen-bond donors (Lipinski definition) is 1. The zero-order valence-electron chi connectivity index (χ0n) is 16.7. The Kier molecular flexibility index (Phi) is 5.91. The van der Waals surface area contributed by atoms with Gasteiger partial charge >= 0.3 is 6.09 Å². The van der Waals surface area contributed by atoms with E-state index in [0.717, 1.165) is 12.8 Å². The van der Waals surface area contributed by atoms with Gasteiger partial charge in [-0.15, -0.1) is 0 Å². The van der Waals surface area contributed by atoms with Gasteiger partial charge in [0.25, 0.3) is 0 Å². The number of nitrogens with one attached hydrogen (secondary N) is 1. The van der Waals surface area contributed by atoms with Crippen LogP contribution in [0.4, 0.5) is 4.79 Å². The molecule has 0 aromatic carbocycles. The molecule has 2 fully saturated rings. The van der Waals surface area contributed by atoms with Crippen molar-refractivity contribution < 1.29 is 18.5 Å². The lowest BCUT2D eigenvalue weighted by Crippen LogP contribution is -2.55. The summed E-state index contributed by atoms with van der Waals surface area (Å²) in [5, 5.41) is 0. The second-order valence-corrected chi connectivity index (χ2v) is 11.3. The maximum Gasteiger partial charge on any atom is 0.410 e. The lowest BCUT2D eigenvalue weighted by molar-refractivity contribution is 0.00648. The van der Waals surface area contributed by atoms with Gasteiger partial charge in [0.05, 0.1) is 34.5 Å². The van der Waals surface area contributed by atoms with Gasteiger partial charge in [-0.25, -0.2) is 13.7 Å². The number of carbonyl (C=O) groups excluding carboxylic acids is 1. The summed E-state index contributed by atoms with van der Waals surface area (Å²) in [6.45, 7) is 15.5. The Hall–Kier alpha value is -0.660. The number of likely N-dealkylation sites (tertiary alicyclic amines) is 1. The van der Waals surface area contributed by atoms with E-state index in [1.165, 1.54) is 0 Å². The molecular formula is C18H34N2O4S. The van der Waals surface area contributed by atoms with Crippen LogP contribution in [-0.4, -0.2) is 57.4 Å². The van der Waals surface area contributed by atoms with Gasteiger partial charge < -0.3 is 14.4 Å². The summed E-state index contributed by atoms with van der Waals surface area (Å²) in [5.41, 5.74) is -0.552. The van der Waals surface area contributed by atoms with Crippen molar-refractivity contribution in [2.45, 2.75) is 83.8 Å². The second-order valence-electron chi connectivity index (χ2n) is 9.32. The number of hydrogen-bond acceptors (Lipinski definition) is 4. The minimum Gasteiger partial charge on any atom is -0.444 e. The Labute approximate surface area is 154 Å². The molecule has 1 spiro atoms. The lowest BCUT2D eigenvalue weighted by Gasteiger charge is -2.43. The van der Waals surface area contributed by atoms with Crippen LogP contribution in [0.1, 0.15) is 61.3 Å². The topological polar surface area (TPSA) is 67.9 Å². The van der Waals surface area contributed by atoms with Crippen LogP contribution in [0.25, 0.3) is 0 Å². The Morgan fingerprint density at radius 1 is 1.20 bits per heavy atom. The molecule has 1 amide bonds. The number of piperidine rings is 1. The molecular weight excluding hydrogens is 340 g/mol. The largest absolute Gasteiger partial charge is 0.444 e. The summed E-state index contributed by atoms with van der Waals surface area (Å²) < 4.78 is 27.0. The Morgan fingerprint density at radius 2 is 1.76 bits per heavy atom. The molecule has 2 rings (SSSR count). The summed E-state index contributed by atoms with van der Waals surface area (Å²) in [7, 11) is -1.14. The maximum absolute atomic E-state index is 12.6. The van der Waals surface area contributed by atoms with Gasteiger partial charge in [-0.2, -0.15) is 0 Å². The van der Waals surface area contributed by atoms with Gasteiger partial charge in [-0.1, -0.05) is 0 Å². The van der Waals surface area contributed by atoms with E-state index in [1.807, 2.05) is 48.5 Å². The highest BCUT2D eigenvalue weighted by Gasteiger charge is 2.51. The zero-order chi connectivity index (χ0) is 19.0. The Balaban J connectivity index is 2.02. The van der Waals surface area contributed by atoms with E-state index >= 15 is 0 Å². The zero-order valence-corrected chi connectivity index (χ0v) is 17.5. The highest BCUT2D eigenvalue weighted by atomic mass is 32.2. The number of carbonyl (C=O) groups is 1. The third-order valence-corrected chi connectivity index (χ3v) is 6.54. The highest BCUT2D eigenvalue weighted by molar-refractivity contribution is 7.84. The Morgan fingerprint density at radius 3 is 2.24 bits per heavy atom. The average Bonchev–Trinajstić information content (AvgIpc) is 2.75. The van der Waals surface area contributed by atoms with Crippen molar-refractivity contribution in [3.05, 3.63) is 0 Å². The molecule has 25 heavy (non-hydrogen) atoms. The van der Waals surface area contributed by atoms with Crippen molar-refractivity contribution in [1.29, 1.82) is 0 Å². The molecule has 0 aromatic heterocycles. The molecule has 0 aromatic rings. The summed E-state index contributed by atoms with van der Waals surface area (Å²) >= 11 is 0. The quantitative estimate of drug-likeness (QED) is 0.807. The molecule has 6 nitrogen and oxygen atoms in total. The van der Waals surface area contributed by atoms with Gasteiger partial charge in [-0.3, -0.25) is 0 Å². The molecule has 0 saturated carbocycles. The first-order valence-electron chi connectivity index (χ1n) is 9.12. The van der Waals surface area contributed by atoms with Gasteiger partial charge in [0.2, 0.25) is 0 Å². The van der Waals surface area contributed by atoms with Crippen molar-refractivity contribution >= 4 is 17.1 Å². The van der Waals surface area contributed by atoms with E-state index in [-0.39, 0.29) is 28.4 Å². The van der Waals surface area contributed by atoms with Crippen LogP contribution >= 0.6 is 0 Å². The first-order valence-corrected chi connectivity index (χ1v) is 10.3. The maximum atomic E-state index is 12.6. The van der Waals surface area contributed by atoms with Crippen LogP contribution in [0.5, 0.6) is 0 Å². The van der Waals surface area contributed by atoms with Gasteiger partial charge in [-0.05, 0) is 61.3 Å². The molecule has 7 heteroatoms. The van der Waals surface area contributed by atoms with Crippen LogP contribution in [0.2, 0.25) is 0 Å². The van der Waals surface area contributed by atoms with Crippen molar-refractivity contribution in [3.8, 4) is 0 Å². The predicted molar refractivity (Wildman–Crippen MR) is 99.7 cm³/mol. The molecule has 2 heterocycles. The summed E-state index contributed by atoms with van der Waals surface area (Å²) in [6.07, 6.45) is 1.42. The van der Waals surface area contributed by atoms with Gasteiger partial charge in [0, 0.05) is 18.5 Å². The molecule has 146 valence electrons. The van der Waals surface area contributed by atoms with Crippen molar-refractivity contribution in [3.63, 3.8) is 0 Å². The number of amides is 1. The third-order valence-electron chi connectivity index (χ3n) is 4.96. The summed E-state index contributed by atoms with van der Waals surface area (Å²) in [5.74, 6) is 0. The number of ether oxygens (including phenoxy) is 2. The molecule has 0 radical (unpaired) electrons. The monoisotopic (exact) mass is 374 g/mol. The van der Waals surface area contributed by atoms with E-state index in [9.17, 15) is 9.00 Å². The second kappa shape index (κ2) is 7.16. The minimum absolute atomic E-state index is 0.0133. The van der Waals surface area contributed by atoms with Crippen molar-refractivity contribution in [2.75, 3.05) is 19.7 Å². The first kappa shape index (κ1) is 20.6. The van der Waals surface area contributed by atoms with Crippen LogP contribution in [0.3, 0.4) is 0 Å². The van der Waals surface area contributed by atoms with E-state index in [1.54, 1.807) is 4.90 Å².